The number of hydrogen-bond donors (Lipinski definition) is 0. The molecule has 0 bridgehead atoms. The summed E-state index contributed by atoms with van der Waals surface area (Å²) in [6.45, 7) is 4.61. The average Bonchev–Trinajstić information content (AvgIpc) is 2.80. The molecule has 0 spiro atoms. The van der Waals surface area contributed by atoms with Crippen LogP contribution in [-0.2, 0) is 0 Å². The Morgan fingerprint density at radius 1 is 1.41 bits per heavy atom. The SMILES string of the molecule is CN(C(=O)n1ccnc1)C1CCC(C)(C)CC1. The maximum atomic E-state index is 12.1. The molecule has 1 fully saturated rings. The van der Waals surface area contributed by atoms with E-state index in [4.69, 9.17) is 0 Å². The largest absolute Gasteiger partial charge is 0.329 e. The maximum Gasteiger partial charge on any atom is 0.329 e. The van der Waals surface area contributed by atoms with Crippen molar-refractivity contribution in [2.75, 3.05) is 7.05 Å². The Labute approximate surface area is 103 Å². The summed E-state index contributed by atoms with van der Waals surface area (Å²) in [4.78, 5) is 17.9. The molecule has 0 saturated heterocycles. The number of carbonyl (C=O) groups excluding carboxylic acids is 1. The van der Waals surface area contributed by atoms with E-state index < -0.39 is 0 Å². The molecule has 94 valence electrons. The van der Waals surface area contributed by atoms with Crippen LogP contribution in [0, 0.1) is 5.41 Å². The lowest BCUT2D eigenvalue weighted by Crippen LogP contribution is -2.42. The molecule has 0 N–H and O–H groups in total. The highest BCUT2D eigenvalue weighted by molar-refractivity contribution is 5.76. The van der Waals surface area contributed by atoms with Crippen LogP contribution in [0.1, 0.15) is 39.5 Å². The topological polar surface area (TPSA) is 38.1 Å². The van der Waals surface area contributed by atoms with Gasteiger partial charge in [0.2, 0.25) is 0 Å². The quantitative estimate of drug-likeness (QED) is 0.750. The molecule has 0 aromatic carbocycles. The van der Waals surface area contributed by atoms with Gasteiger partial charge in [0.05, 0.1) is 0 Å². The van der Waals surface area contributed by atoms with E-state index in [9.17, 15) is 4.79 Å². The predicted octanol–water partition coefficient (Wildman–Crippen LogP) is 2.75. The zero-order valence-electron chi connectivity index (χ0n) is 10.9. The van der Waals surface area contributed by atoms with Crippen molar-refractivity contribution in [1.29, 1.82) is 0 Å². The van der Waals surface area contributed by atoms with E-state index in [-0.39, 0.29) is 6.03 Å². The van der Waals surface area contributed by atoms with Crippen LogP contribution in [-0.4, -0.2) is 33.6 Å². The fraction of sp³-hybridized carbons (Fsp3) is 0.692. The number of aromatic nitrogens is 2. The first kappa shape index (κ1) is 12.1. The molecule has 4 nitrogen and oxygen atoms in total. The van der Waals surface area contributed by atoms with Crippen molar-refractivity contribution >= 4 is 6.03 Å². The van der Waals surface area contributed by atoms with Gasteiger partial charge in [-0.05, 0) is 31.1 Å². The summed E-state index contributed by atoms with van der Waals surface area (Å²) >= 11 is 0. The second-order valence-corrected chi connectivity index (χ2v) is 5.76. The minimum atomic E-state index is 0.0206. The molecule has 1 aromatic rings. The van der Waals surface area contributed by atoms with Crippen LogP contribution in [0.3, 0.4) is 0 Å². The Balaban J connectivity index is 1.97. The Bertz CT molecular complexity index is 373. The van der Waals surface area contributed by atoms with Gasteiger partial charge in [-0.25, -0.2) is 9.78 Å². The summed E-state index contributed by atoms with van der Waals surface area (Å²) in [7, 11) is 1.89. The highest BCUT2D eigenvalue weighted by Crippen LogP contribution is 2.36. The molecule has 0 atom stereocenters. The number of amides is 1. The van der Waals surface area contributed by atoms with E-state index in [2.05, 4.69) is 18.8 Å². The lowest BCUT2D eigenvalue weighted by Gasteiger charge is -2.38. The van der Waals surface area contributed by atoms with Gasteiger partial charge in [0.25, 0.3) is 0 Å². The first-order valence-corrected chi connectivity index (χ1v) is 6.25. The van der Waals surface area contributed by atoms with Crippen molar-refractivity contribution in [2.24, 2.45) is 5.41 Å². The third kappa shape index (κ3) is 2.68. The second-order valence-electron chi connectivity index (χ2n) is 5.76. The number of nitrogens with zero attached hydrogens (tertiary/aromatic N) is 3. The van der Waals surface area contributed by atoms with Crippen molar-refractivity contribution < 1.29 is 4.79 Å². The molecule has 1 aromatic heterocycles. The van der Waals surface area contributed by atoms with Crippen LogP contribution >= 0.6 is 0 Å². The standard InChI is InChI=1S/C13H21N3O/c1-13(2)6-4-11(5-7-13)15(3)12(17)16-9-8-14-10-16/h8-11H,4-7H2,1-3H3. The van der Waals surface area contributed by atoms with Gasteiger partial charge in [-0.3, -0.25) is 4.57 Å². The first-order valence-electron chi connectivity index (χ1n) is 6.25. The molecule has 1 saturated carbocycles. The third-order valence-corrected chi connectivity index (χ3v) is 3.88. The summed E-state index contributed by atoms with van der Waals surface area (Å²) in [6, 6.07) is 0.394. The molecule has 0 unspecified atom stereocenters. The van der Waals surface area contributed by atoms with Gasteiger partial charge < -0.3 is 4.90 Å². The molecular formula is C13H21N3O. The molecule has 1 aliphatic carbocycles. The van der Waals surface area contributed by atoms with Crippen molar-refractivity contribution in [3.05, 3.63) is 18.7 Å². The van der Waals surface area contributed by atoms with E-state index >= 15 is 0 Å². The Kier molecular flexibility index (Phi) is 3.22. The second kappa shape index (κ2) is 4.51. The normalized spacial score (nSPS) is 20.2. The Hall–Kier alpha value is -1.32. The zero-order chi connectivity index (χ0) is 12.5. The molecule has 0 radical (unpaired) electrons. The number of hydrogen-bond acceptors (Lipinski definition) is 2. The van der Waals surface area contributed by atoms with Gasteiger partial charge in [-0.2, -0.15) is 0 Å². The summed E-state index contributed by atoms with van der Waals surface area (Å²) in [5.41, 5.74) is 0.440. The molecular weight excluding hydrogens is 214 g/mol. The summed E-state index contributed by atoms with van der Waals surface area (Å²) in [5.74, 6) is 0. The molecule has 0 aliphatic heterocycles. The van der Waals surface area contributed by atoms with E-state index in [0.717, 1.165) is 12.8 Å². The number of carbonyl (C=O) groups is 1. The minimum absolute atomic E-state index is 0.0206. The van der Waals surface area contributed by atoms with Gasteiger partial charge in [0.15, 0.2) is 0 Å². The van der Waals surface area contributed by atoms with Crippen LogP contribution in [0.2, 0.25) is 0 Å². The summed E-state index contributed by atoms with van der Waals surface area (Å²) < 4.78 is 1.54. The molecule has 1 aliphatic rings. The monoisotopic (exact) mass is 235 g/mol. The van der Waals surface area contributed by atoms with Crippen LogP contribution in [0.25, 0.3) is 0 Å². The van der Waals surface area contributed by atoms with Crippen LogP contribution in [0.5, 0.6) is 0 Å². The average molecular weight is 235 g/mol. The highest BCUT2D eigenvalue weighted by Gasteiger charge is 2.30. The van der Waals surface area contributed by atoms with Crippen LogP contribution < -0.4 is 0 Å². The van der Waals surface area contributed by atoms with Gasteiger partial charge in [0.1, 0.15) is 6.33 Å². The predicted molar refractivity (Wildman–Crippen MR) is 66.8 cm³/mol. The van der Waals surface area contributed by atoms with Crippen molar-refractivity contribution in [2.45, 2.75) is 45.6 Å². The molecule has 4 heteroatoms. The first-order chi connectivity index (χ1) is 7.99. The molecule has 17 heavy (non-hydrogen) atoms. The molecule has 2 rings (SSSR count). The van der Waals surface area contributed by atoms with E-state index in [1.807, 2.05) is 11.9 Å². The molecule has 1 amide bonds. The van der Waals surface area contributed by atoms with Gasteiger partial charge in [-0.15, -0.1) is 0 Å². The highest BCUT2D eigenvalue weighted by atomic mass is 16.2. The smallest absolute Gasteiger partial charge is 0.324 e. The summed E-state index contributed by atoms with van der Waals surface area (Å²) in [5, 5.41) is 0. The lowest BCUT2D eigenvalue weighted by molar-refractivity contribution is 0.135. The fourth-order valence-electron chi connectivity index (χ4n) is 2.48. The fourth-order valence-corrected chi connectivity index (χ4v) is 2.48. The van der Waals surface area contributed by atoms with Crippen molar-refractivity contribution in [3.63, 3.8) is 0 Å². The minimum Gasteiger partial charge on any atom is -0.324 e. The molecule has 1 heterocycles. The van der Waals surface area contributed by atoms with Crippen LogP contribution in [0.15, 0.2) is 18.7 Å². The van der Waals surface area contributed by atoms with E-state index in [1.54, 1.807) is 23.3 Å². The zero-order valence-corrected chi connectivity index (χ0v) is 10.9. The summed E-state index contributed by atoms with van der Waals surface area (Å²) in [6.07, 6.45) is 9.49. The number of imidazole rings is 1. The van der Waals surface area contributed by atoms with Gasteiger partial charge in [0, 0.05) is 25.5 Å². The Morgan fingerprint density at radius 2 is 2.06 bits per heavy atom. The lowest BCUT2D eigenvalue weighted by atomic mass is 9.75. The van der Waals surface area contributed by atoms with E-state index in [0.29, 0.717) is 11.5 Å². The third-order valence-electron chi connectivity index (χ3n) is 3.88. The number of rotatable bonds is 1. The van der Waals surface area contributed by atoms with Crippen molar-refractivity contribution in [3.8, 4) is 0 Å². The maximum absolute atomic E-state index is 12.1. The Morgan fingerprint density at radius 3 is 2.59 bits per heavy atom. The van der Waals surface area contributed by atoms with Crippen molar-refractivity contribution in [1.82, 2.24) is 14.5 Å². The van der Waals surface area contributed by atoms with Crippen LogP contribution in [0.4, 0.5) is 4.79 Å². The van der Waals surface area contributed by atoms with E-state index in [1.165, 1.54) is 12.8 Å². The van der Waals surface area contributed by atoms with Gasteiger partial charge >= 0.3 is 6.03 Å². The van der Waals surface area contributed by atoms with Gasteiger partial charge in [-0.1, -0.05) is 13.8 Å².